The molecule has 1 N–H and O–H groups in total. The summed E-state index contributed by atoms with van der Waals surface area (Å²) in [6.45, 7) is 1.18. The Morgan fingerprint density at radius 1 is 1.07 bits per heavy atom. The van der Waals surface area contributed by atoms with Crippen LogP contribution in [0.5, 0.6) is 0 Å². The smallest absolute Gasteiger partial charge is 0.332 e. The van der Waals surface area contributed by atoms with Crippen LogP contribution in [-0.4, -0.2) is 36.1 Å². The number of imidazole rings is 1. The average Bonchev–Trinajstić information content (AvgIpc) is 3.16. The fourth-order valence-electron chi connectivity index (χ4n) is 3.31. The number of pyridine rings is 1. The van der Waals surface area contributed by atoms with Gasteiger partial charge in [-0.15, -0.1) is 0 Å². The number of rotatable bonds is 5. The number of amides is 1. The van der Waals surface area contributed by atoms with E-state index < -0.39 is 11.2 Å². The third-order valence-corrected chi connectivity index (χ3v) is 4.92. The quantitative estimate of drug-likeness (QED) is 0.506. The summed E-state index contributed by atoms with van der Waals surface area (Å²) in [6, 6.07) is 10.9. The molecule has 148 valence electrons. The molecule has 0 atom stereocenters. The molecule has 29 heavy (non-hydrogen) atoms. The van der Waals surface area contributed by atoms with Gasteiger partial charge in [-0.3, -0.25) is 18.7 Å². The highest BCUT2D eigenvalue weighted by molar-refractivity contribution is 5.94. The van der Waals surface area contributed by atoms with Crippen molar-refractivity contribution in [2.75, 3.05) is 6.54 Å². The molecule has 0 aliphatic heterocycles. The van der Waals surface area contributed by atoms with Crippen LogP contribution < -0.4 is 16.6 Å². The van der Waals surface area contributed by atoms with Crippen molar-refractivity contribution in [1.29, 1.82) is 0 Å². The Morgan fingerprint density at radius 3 is 2.69 bits per heavy atom. The first kappa shape index (κ1) is 18.6. The molecule has 0 radical (unpaired) electrons. The fourth-order valence-corrected chi connectivity index (χ4v) is 3.31. The normalized spacial score (nSPS) is 11.2. The highest BCUT2D eigenvalue weighted by atomic mass is 16.2. The maximum atomic E-state index is 12.4. The maximum absolute atomic E-state index is 12.4. The molecule has 0 aliphatic carbocycles. The van der Waals surface area contributed by atoms with E-state index in [1.807, 2.05) is 28.8 Å². The van der Waals surface area contributed by atoms with Crippen LogP contribution in [0, 0.1) is 0 Å². The van der Waals surface area contributed by atoms with Gasteiger partial charge in [-0.05, 0) is 30.7 Å². The Bertz CT molecular complexity index is 1350. The molecule has 0 saturated heterocycles. The Balaban J connectivity index is 1.45. The number of benzene rings is 1. The van der Waals surface area contributed by atoms with E-state index in [2.05, 4.69) is 15.3 Å². The SMILES string of the molecule is Cn1c(=O)c2ccc(C(=O)NCCCn3cnc4ccccc43)nc2n(C)c1=O. The molecule has 0 unspecified atom stereocenters. The summed E-state index contributed by atoms with van der Waals surface area (Å²) in [5, 5.41) is 3.12. The van der Waals surface area contributed by atoms with Gasteiger partial charge in [-0.25, -0.2) is 14.8 Å². The molecule has 4 rings (SSSR count). The summed E-state index contributed by atoms with van der Waals surface area (Å²) >= 11 is 0. The number of para-hydroxylation sites is 2. The molecule has 0 fully saturated rings. The predicted molar refractivity (Wildman–Crippen MR) is 109 cm³/mol. The summed E-state index contributed by atoms with van der Waals surface area (Å²) in [4.78, 5) is 45.3. The minimum atomic E-state index is -0.486. The Hall–Kier alpha value is -3.75. The van der Waals surface area contributed by atoms with Crippen LogP contribution in [0.15, 0.2) is 52.3 Å². The van der Waals surface area contributed by atoms with Crippen LogP contribution >= 0.6 is 0 Å². The van der Waals surface area contributed by atoms with Gasteiger partial charge in [0, 0.05) is 27.2 Å². The standard InChI is InChI=1S/C20H20N6O3/c1-24-17-13(19(28)25(2)20(24)29)8-9-15(23-17)18(27)21-10-5-11-26-12-22-14-6-3-4-7-16(14)26/h3-4,6-9,12H,5,10-11H2,1-2H3,(H,21,27). The first-order valence-electron chi connectivity index (χ1n) is 9.22. The summed E-state index contributed by atoms with van der Waals surface area (Å²) in [6.07, 6.45) is 2.51. The van der Waals surface area contributed by atoms with E-state index in [1.54, 1.807) is 6.33 Å². The molecule has 0 bridgehead atoms. The molecule has 0 spiro atoms. The molecular formula is C20H20N6O3. The van der Waals surface area contributed by atoms with Crippen LogP contribution in [0.3, 0.4) is 0 Å². The van der Waals surface area contributed by atoms with Gasteiger partial charge in [0.2, 0.25) is 0 Å². The minimum absolute atomic E-state index is 0.161. The van der Waals surface area contributed by atoms with Crippen molar-refractivity contribution in [3.63, 3.8) is 0 Å². The van der Waals surface area contributed by atoms with Gasteiger partial charge in [0.15, 0.2) is 0 Å². The number of carbonyl (C=O) groups is 1. The van der Waals surface area contributed by atoms with Gasteiger partial charge in [-0.2, -0.15) is 0 Å². The van der Waals surface area contributed by atoms with Gasteiger partial charge in [0.25, 0.3) is 11.5 Å². The van der Waals surface area contributed by atoms with E-state index in [0.717, 1.165) is 28.6 Å². The number of carbonyl (C=O) groups excluding carboxylic acids is 1. The van der Waals surface area contributed by atoms with Crippen molar-refractivity contribution < 1.29 is 4.79 Å². The number of nitrogens with one attached hydrogen (secondary N) is 1. The van der Waals surface area contributed by atoms with Crippen LogP contribution in [0.4, 0.5) is 0 Å². The van der Waals surface area contributed by atoms with Crippen LogP contribution in [0.1, 0.15) is 16.9 Å². The molecule has 4 aromatic rings. The molecule has 0 saturated carbocycles. The maximum Gasteiger partial charge on any atom is 0.332 e. The lowest BCUT2D eigenvalue weighted by Gasteiger charge is -2.09. The Kier molecular flexibility index (Phi) is 4.71. The van der Waals surface area contributed by atoms with Crippen LogP contribution in [0.25, 0.3) is 22.1 Å². The average molecular weight is 392 g/mol. The monoisotopic (exact) mass is 392 g/mol. The molecule has 1 amide bonds. The highest BCUT2D eigenvalue weighted by Crippen LogP contribution is 2.12. The lowest BCUT2D eigenvalue weighted by Crippen LogP contribution is -2.37. The molecule has 0 aliphatic rings. The molecule has 1 aromatic carbocycles. The molecular weight excluding hydrogens is 372 g/mol. The number of nitrogens with zero attached hydrogens (tertiary/aromatic N) is 5. The van der Waals surface area contributed by atoms with Gasteiger partial charge < -0.3 is 9.88 Å². The van der Waals surface area contributed by atoms with Gasteiger partial charge in [0.05, 0.1) is 22.7 Å². The first-order valence-corrected chi connectivity index (χ1v) is 9.22. The summed E-state index contributed by atoms with van der Waals surface area (Å²) in [5.41, 5.74) is 1.42. The van der Waals surface area contributed by atoms with Crippen LogP contribution in [-0.2, 0) is 20.6 Å². The molecule has 3 aromatic heterocycles. The zero-order valence-corrected chi connectivity index (χ0v) is 16.1. The van der Waals surface area contributed by atoms with Gasteiger partial charge in [0.1, 0.15) is 11.3 Å². The topological polar surface area (TPSA) is 104 Å². The number of hydrogen-bond acceptors (Lipinski definition) is 5. The second kappa shape index (κ2) is 7.34. The van der Waals surface area contributed by atoms with Crippen molar-refractivity contribution in [2.24, 2.45) is 14.1 Å². The van der Waals surface area contributed by atoms with E-state index in [1.165, 1.54) is 30.8 Å². The van der Waals surface area contributed by atoms with E-state index in [0.29, 0.717) is 6.54 Å². The van der Waals surface area contributed by atoms with Crippen molar-refractivity contribution in [2.45, 2.75) is 13.0 Å². The van der Waals surface area contributed by atoms with Crippen molar-refractivity contribution in [3.05, 3.63) is 69.3 Å². The van der Waals surface area contributed by atoms with Gasteiger partial charge >= 0.3 is 5.69 Å². The zero-order valence-electron chi connectivity index (χ0n) is 16.1. The number of hydrogen-bond donors (Lipinski definition) is 1. The number of aromatic nitrogens is 5. The summed E-state index contributed by atoms with van der Waals surface area (Å²) in [7, 11) is 2.93. The molecule has 9 heteroatoms. The Labute approximate surface area is 165 Å². The summed E-state index contributed by atoms with van der Waals surface area (Å²) < 4.78 is 4.32. The van der Waals surface area contributed by atoms with Crippen molar-refractivity contribution in [1.82, 2.24) is 29.0 Å². The number of fused-ring (bicyclic) bond motifs is 2. The lowest BCUT2D eigenvalue weighted by molar-refractivity contribution is 0.0948. The fraction of sp³-hybridized carbons (Fsp3) is 0.250. The minimum Gasteiger partial charge on any atom is -0.351 e. The van der Waals surface area contributed by atoms with E-state index in [4.69, 9.17) is 0 Å². The van der Waals surface area contributed by atoms with Crippen molar-refractivity contribution >= 4 is 28.0 Å². The first-order chi connectivity index (χ1) is 14.0. The number of aryl methyl sites for hydroxylation is 2. The van der Waals surface area contributed by atoms with E-state index in [9.17, 15) is 14.4 Å². The lowest BCUT2D eigenvalue weighted by atomic mass is 10.2. The van der Waals surface area contributed by atoms with Crippen molar-refractivity contribution in [3.8, 4) is 0 Å². The third kappa shape index (κ3) is 3.31. The van der Waals surface area contributed by atoms with Gasteiger partial charge in [-0.1, -0.05) is 12.1 Å². The molecule has 9 nitrogen and oxygen atoms in total. The van der Waals surface area contributed by atoms with E-state index in [-0.39, 0.29) is 22.6 Å². The largest absolute Gasteiger partial charge is 0.351 e. The zero-order chi connectivity index (χ0) is 20.5. The third-order valence-electron chi connectivity index (χ3n) is 4.92. The highest BCUT2D eigenvalue weighted by Gasteiger charge is 2.13. The second-order valence-electron chi connectivity index (χ2n) is 6.81. The van der Waals surface area contributed by atoms with Crippen LogP contribution in [0.2, 0.25) is 0 Å². The predicted octanol–water partition coefficient (Wildman–Crippen LogP) is 0.802. The Morgan fingerprint density at radius 2 is 1.86 bits per heavy atom. The molecule has 3 heterocycles. The second-order valence-corrected chi connectivity index (χ2v) is 6.81. The summed E-state index contributed by atoms with van der Waals surface area (Å²) in [5.74, 6) is -0.351. The van der Waals surface area contributed by atoms with E-state index >= 15 is 0 Å².